The Hall–Kier alpha value is -2.23. The van der Waals surface area contributed by atoms with Gasteiger partial charge in [-0.1, -0.05) is 36.8 Å². The van der Waals surface area contributed by atoms with Crippen molar-refractivity contribution in [2.75, 3.05) is 19.3 Å². The van der Waals surface area contributed by atoms with Gasteiger partial charge in [0, 0.05) is 19.3 Å². The van der Waals surface area contributed by atoms with Crippen molar-refractivity contribution < 1.29 is 21.6 Å². The van der Waals surface area contributed by atoms with E-state index in [1.54, 1.807) is 36.4 Å². The number of hydrogen-bond donors (Lipinski definition) is 1. The van der Waals surface area contributed by atoms with E-state index in [1.807, 2.05) is 13.8 Å². The number of hydrogen-bond acceptors (Lipinski definition) is 5. The van der Waals surface area contributed by atoms with Crippen LogP contribution in [-0.2, 0) is 24.7 Å². The molecular formula is C23H30N2O5S2. The van der Waals surface area contributed by atoms with Crippen molar-refractivity contribution in [2.24, 2.45) is 5.92 Å². The zero-order valence-corrected chi connectivity index (χ0v) is 20.2. The number of amides is 1. The summed E-state index contributed by atoms with van der Waals surface area (Å²) in [5.41, 5.74) is 1.79. The van der Waals surface area contributed by atoms with Gasteiger partial charge in [0.2, 0.25) is 15.9 Å². The molecule has 3 rings (SSSR count). The zero-order valence-electron chi connectivity index (χ0n) is 18.6. The summed E-state index contributed by atoms with van der Waals surface area (Å²) in [5, 5.41) is 3.02. The molecular weight excluding hydrogens is 448 g/mol. The second kappa shape index (κ2) is 9.72. The molecule has 32 heavy (non-hydrogen) atoms. The van der Waals surface area contributed by atoms with Crippen molar-refractivity contribution in [3.8, 4) is 0 Å². The zero-order chi connectivity index (χ0) is 23.5. The van der Waals surface area contributed by atoms with Crippen LogP contribution in [0.25, 0.3) is 0 Å². The minimum Gasteiger partial charge on any atom is -0.349 e. The Morgan fingerprint density at radius 2 is 1.62 bits per heavy atom. The largest absolute Gasteiger partial charge is 0.349 e. The number of nitrogens with one attached hydrogen (secondary N) is 1. The molecule has 0 bridgehead atoms. The van der Waals surface area contributed by atoms with Gasteiger partial charge in [-0.3, -0.25) is 4.79 Å². The first kappa shape index (κ1) is 24.4. The Kier molecular flexibility index (Phi) is 7.42. The van der Waals surface area contributed by atoms with Crippen LogP contribution in [0.1, 0.15) is 43.4 Å². The van der Waals surface area contributed by atoms with Crippen LogP contribution in [0.4, 0.5) is 0 Å². The molecule has 1 aliphatic heterocycles. The Balaban J connectivity index is 1.70. The molecule has 1 heterocycles. The number of carbonyl (C=O) groups excluding carboxylic acids is 1. The molecule has 1 amide bonds. The molecule has 0 spiro atoms. The molecule has 174 valence electrons. The van der Waals surface area contributed by atoms with Gasteiger partial charge in [0.05, 0.1) is 21.8 Å². The van der Waals surface area contributed by atoms with E-state index in [0.29, 0.717) is 25.8 Å². The molecule has 7 nitrogen and oxygen atoms in total. The van der Waals surface area contributed by atoms with E-state index in [9.17, 15) is 21.6 Å². The van der Waals surface area contributed by atoms with E-state index in [-0.39, 0.29) is 28.3 Å². The maximum atomic E-state index is 13.0. The normalized spacial score (nSPS) is 18.8. The molecule has 2 aromatic carbocycles. The van der Waals surface area contributed by atoms with E-state index < -0.39 is 25.8 Å². The van der Waals surface area contributed by atoms with Crippen molar-refractivity contribution in [2.45, 2.75) is 48.9 Å². The molecule has 0 aromatic heterocycles. The van der Waals surface area contributed by atoms with Crippen molar-refractivity contribution in [1.82, 2.24) is 9.62 Å². The van der Waals surface area contributed by atoms with Gasteiger partial charge in [-0.2, -0.15) is 4.31 Å². The van der Waals surface area contributed by atoms with Crippen LogP contribution in [0.2, 0.25) is 0 Å². The fourth-order valence-electron chi connectivity index (χ4n) is 3.89. The summed E-state index contributed by atoms with van der Waals surface area (Å²) in [7, 11) is -6.94. The Bertz CT molecular complexity index is 1160. The lowest BCUT2D eigenvalue weighted by atomic mass is 9.97. The van der Waals surface area contributed by atoms with E-state index in [4.69, 9.17) is 0 Å². The molecule has 9 heteroatoms. The number of sulfone groups is 1. The van der Waals surface area contributed by atoms with Crippen molar-refractivity contribution >= 4 is 25.8 Å². The Labute approximate surface area is 190 Å². The average molecular weight is 479 g/mol. The molecule has 0 saturated carbocycles. The third-order valence-electron chi connectivity index (χ3n) is 5.85. The Morgan fingerprint density at radius 3 is 2.19 bits per heavy atom. The van der Waals surface area contributed by atoms with Crippen LogP contribution in [0, 0.1) is 12.8 Å². The van der Waals surface area contributed by atoms with Gasteiger partial charge in [0.15, 0.2) is 9.84 Å². The fourth-order valence-corrected chi connectivity index (χ4v) is 6.05. The highest BCUT2D eigenvalue weighted by atomic mass is 32.2. The van der Waals surface area contributed by atoms with E-state index >= 15 is 0 Å². The number of benzene rings is 2. The first-order valence-electron chi connectivity index (χ1n) is 10.7. The van der Waals surface area contributed by atoms with Crippen LogP contribution < -0.4 is 5.32 Å². The maximum Gasteiger partial charge on any atom is 0.243 e. The molecule has 0 aliphatic carbocycles. The number of carbonyl (C=O) groups is 1. The van der Waals surface area contributed by atoms with Crippen molar-refractivity contribution in [3.05, 3.63) is 59.7 Å². The number of rotatable bonds is 7. The average Bonchev–Trinajstić information content (AvgIpc) is 2.77. The lowest BCUT2D eigenvalue weighted by Gasteiger charge is -2.32. The standard InChI is InChI=1S/C23H30N2O5S2/c1-4-22(18-9-13-20(14-10-18)31(3,27)28)24-23(26)19-6-5-15-25(16-19)32(29,30)21-11-7-17(2)8-12-21/h7-14,19,22H,4-6,15-16H2,1-3H3,(H,24,26)/t19-,22+/m0/s1. The van der Waals surface area contributed by atoms with E-state index in [0.717, 1.165) is 17.4 Å². The highest BCUT2D eigenvalue weighted by Crippen LogP contribution is 2.26. The monoisotopic (exact) mass is 478 g/mol. The smallest absolute Gasteiger partial charge is 0.243 e. The van der Waals surface area contributed by atoms with E-state index in [1.165, 1.54) is 16.4 Å². The molecule has 1 N–H and O–H groups in total. The summed E-state index contributed by atoms with van der Waals surface area (Å²) in [4.78, 5) is 13.5. The van der Waals surface area contributed by atoms with Crippen molar-refractivity contribution in [1.29, 1.82) is 0 Å². The van der Waals surface area contributed by atoms with Gasteiger partial charge in [-0.05, 0) is 56.0 Å². The lowest BCUT2D eigenvalue weighted by molar-refractivity contribution is -0.126. The highest BCUT2D eigenvalue weighted by Gasteiger charge is 2.34. The minimum absolute atomic E-state index is 0.144. The molecule has 1 saturated heterocycles. The van der Waals surface area contributed by atoms with Crippen LogP contribution in [0.3, 0.4) is 0 Å². The maximum absolute atomic E-state index is 13.0. The van der Waals surface area contributed by atoms with E-state index in [2.05, 4.69) is 5.32 Å². The van der Waals surface area contributed by atoms with Crippen LogP contribution in [0.15, 0.2) is 58.3 Å². The van der Waals surface area contributed by atoms with Gasteiger partial charge in [-0.15, -0.1) is 0 Å². The number of nitrogens with zero attached hydrogens (tertiary/aromatic N) is 1. The van der Waals surface area contributed by atoms with Crippen LogP contribution >= 0.6 is 0 Å². The molecule has 2 atom stereocenters. The summed E-state index contributed by atoms with van der Waals surface area (Å²) in [6.45, 7) is 4.37. The van der Waals surface area contributed by atoms with Gasteiger partial charge >= 0.3 is 0 Å². The number of piperidine rings is 1. The topological polar surface area (TPSA) is 101 Å². The lowest BCUT2D eigenvalue weighted by Crippen LogP contribution is -2.46. The Morgan fingerprint density at radius 1 is 1.03 bits per heavy atom. The molecule has 1 fully saturated rings. The number of aryl methyl sites for hydroxylation is 1. The molecule has 1 aliphatic rings. The summed E-state index contributed by atoms with van der Waals surface area (Å²) in [6.07, 6.45) is 3.01. The highest BCUT2D eigenvalue weighted by molar-refractivity contribution is 7.90. The van der Waals surface area contributed by atoms with Crippen molar-refractivity contribution in [3.63, 3.8) is 0 Å². The minimum atomic E-state index is -3.65. The quantitative estimate of drug-likeness (QED) is 0.659. The van der Waals surface area contributed by atoms with Gasteiger partial charge in [0.1, 0.15) is 0 Å². The molecule has 2 aromatic rings. The third-order valence-corrected chi connectivity index (χ3v) is 8.86. The summed E-state index contributed by atoms with van der Waals surface area (Å²) in [6, 6.07) is 12.9. The van der Waals surface area contributed by atoms with Gasteiger partial charge in [-0.25, -0.2) is 16.8 Å². The first-order valence-corrected chi connectivity index (χ1v) is 14.0. The second-order valence-electron chi connectivity index (χ2n) is 8.33. The number of sulfonamides is 1. The van der Waals surface area contributed by atoms with Gasteiger partial charge < -0.3 is 5.32 Å². The molecule has 0 radical (unpaired) electrons. The summed E-state index contributed by atoms with van der Waals surface area (Å²) in [5.74, 6) is -0.624. The van der Waals surface area contributed by atoms with Crippen LogP contribution in [-0.4, -0.2) is 46.4 Å². The third kappa shape index (κ3) is 5.57. The van der Waals surface area contributed by atoms with Gasteiger partial charge in [0.25, 0.3) is 0 Å². The first-order chi connectivity index (χ1) is 15.0. The van der Waals surface area contributed by atoms with Crippen LogP contribution in [0.5, 0.6) is 0 Å². The predicted octanol–water partition coefficient (Wildman–Crippen LogP) is 3.07. The summed E-state index contributed by atoms with van der Waals surface area (Å²) < 4.78 is 50.8. The summed E-state index contributed by atoms with van der Waals surface area (Å²) >= 11 is 0. The predicted molar refractivity (Wildman–Crippen MR) is 123 cm³/mol. The SMILES string of the molecule is CC[C@@H](NC(=O)[C@H]1CCCN(S(=O)(=O)c2ccc(C)cc2)C1)c1ccc(S(C)(=O)=O)cc1. The second-order valence-corrected chi connectivity index (χ2v) is 12.3. The fraction of sp³-hybridized carbons (Fsp3) is 0.435. The molecule has 0 unspecified atom stereocenters.